The second-order valence-electron chi connectivity index (χ2n) is 6.52. The number of nitrogens with one attached hydrogen (secondary N) is 1. The SMILES string of the molecule is Cc1nn(C)cc1CNC(=O)c1cc2nc(-c3ccc(Cl)s3)cc(C(F)(F)F)n2n1. The summed E-state index contributed by atoms with van der Waals surface area (Å²) in [4.78, 5) is 17.2. The van der Waals surface area contributed by atoms with E-state index in [9.17, 15) is 18.0 Å². The maximum atomic E-state index is 13.6. The molecule has 0 fully saturated rings. The van der Waals surface area contributed by atoms with Crippen LogP contribution in [0.2, 0.25) is 4.34 Å². The molecule has 0 aliphatic carbocycles. The Morgan fingerprint density at radius 1 is 1.27 bits per heavy atom. The van der Waals surface area contributed by atoms with Crippen LogP contribution in [0, 0.1) is 6.92 Å². The molecule has 1 amide bonds. The quantitative estimate of drug-likeness (QED) is 0.503. The van der Waals surface area contributed by atoms with Crippen LogP contribution in [0.3, 0.4) is 0 Å². The number of amides is 1. The Kier molecular flexibility index (Phi) is 5.02. The molecule has 0 saturated carbocycles. The van der Waals surface area contributed by atoms with Gasteiger partial charge in [-0.05, 0) is 25.1 Å². The van der Waals surface area contributed by atoms with Gasteiger partial charge >= 0.3 is 6.18 Å². The molecule has 0 radical (unpaired) electrons. The third-order valence-corrected chi connectivity index (χ3v) is 5.58. The van der Waals surface area contributed by atoms with Crippen molar-refractivity contribution in [3.8, 4) is 10.6 Å². The standard InChI is InChI=1S/C18H14ClF3N6OS/c1-9-10(8-27(2)25-9)7-23-17(29)12-6-16-24-11(13-3-4-15(19)30-13)5-14(18(20,21)22)28(16)26-12/h3-6,8H,7H2,1-2H3,(H,23,29). The summed E-state index contributed by atoms with van der Waals surface area (Å²) in [5.41, 5.74) is 0.343. The van der Waals surface area contributed by atoms with E-state index in [1.807, 2.05) is 0 Å². The minimum absolute atomic E-state index is 0.0907. The molecule has 4 heterocycles. The Morgan fingerprint density at radius 3 is 2.63 bits per heavy atom. The maximum absolute atomic E-state index is 13.6. The highest BCUT2D eigenvalue weighted by Gasteiger charge is 2.35. The number of rotatable bonds is 4. The Morgan fingerprint density at radius 2 is 2.03 bits per heavy atom. The monoisotopic (exact) mass is 454 g/mol. The largest absolute Gasteiger partial charge is 0.433 e. The molecule has 4 aromatic heterocycles. The van der Waals surface area contributed by atoms with Crippen LogP contribution in [0.15, 0.2) is 30.5 Å². The van der Waals surface area contributed by atoms with Crippen LogP contribution in [0.4, 0.5) is 13.2 Å². The van der Waals surface area contributed by atoms with Gasteiger partial charge in [-0.2, -0.15) is 23.4 Å². The zero-order chi connectivity index (χ0) is 21.6. The molecule has 156 valence electrons. The van der Waals surface area contributed by atoms with Crippen LogP contribution in [0.5, 0.6) is 0 Å². The van der Waals surface area contributed by atoms with Gasteiger partial charge in [-0.15, -0.1) is 11.3 Å². The molecule has 0 unspecified atom stereocenters. The van der Waals surface area contributed by atoms with Crippen molar-refractivity contribution in [1.82, 2.24) is 29.7 Å². The second-order valence-corrected chi connectivity index (χ2v) is 8.24. The van der Waals surface area contributed by atoms with Crippen LogP contribution in [0.1, 0.15) is 27.4 Å². The number of aryl methyl sites for hydroxylation is 2. The molecule has 0 bridgehead atoms. The predicted octanol–water partition coefficient (Wildman–Crippen LogP) is 4.10. The van der Waals surface area contributed by atoms with Gasteiger partial charge in [0.2, 0.25) is 0 Å². The first kappa shape index (κ1) is 20.4. The fourth-order valence-electron chi connectivity index (χ4n) is 2.95. The average molecular weight is 455 g/mol. The molecule has 0 atom stereocenters. The van der Waals surface area contributed by atoms with Gasteiger partial charge in [0, 0.05) is 31.4 Å². The molecule has 1 N–H and O–H groups in total. The highest BCUT2D eigenvalue weighted by Crippen LogP contribution is 2.35. The number of nitrogens with zero attached hydrogens (tertiary/aromatic N) is 5. The normalized spacial score (nSPS) is 11.9. The first-order valence-electron chi connectivity index (χ1n) is 8.63. The molecule has 4 aromatic rings. The van der Waals surface area contributed by atoms with Crippen molar-refractivity contribution in [2.75, 3.05) is 0 Å². The summed E-state index contributed by atoms with van der Waals surface area (Å²) in [6, 6.07) is 5.28. The smallest absolute Gasteiger partial charge is 0.346 e. The van der Waals surface area contributed by atoms with Crippen molar-refractivity contribution in [2.45, 2.75) is 19.6 Å². The van der Waals surface area contributed by atoms with Gasteiger partial charge in [0.15, 0.2) is 17.0 Å². The number of aromatic nitrogens is 5. The zero-order valence-corrected chi connectivity index (χ0v) is 17.2. The zero-order valence-electron chi connectivity index (χ0n) is 15.7. The summed E-state index contributed by atoms with van der Waals surface area (Å²) in [5.74, 6) is -0.613. The number of carbonyl (C=O) groups excluding carboxylic acids is 1. The van der Waals surface area contributed by atoms with Gasteiger partial charge in [-0.3, -0.25) is 9.48 Å². The molecule has 0 aliphatic heterocycles. The highest BCUT2D eigenvalue weighted by molar-refractivity contribution is 7.19. The van der Waals surface area contributed by atoms with Crippen LogP contribution in [-0.2, 0) is 19.8 Å². The molecule has 0 saturated heterocycles. The first-order chi connectivity index (χ1) is 14.1. The fraction of sp³-hybridized carbons (Fsp3) is 0.222. The van der Waals surface area contributed by atoms with Crippen molar-refractivity contribution in [1.29, 1.82) is 0 Å². The highest BCUT2D eigenvalue weighted by atomic mass is 35.5. The van der Waals surface area contributed by atoms with E-state index in [0.717, 1.165) is 28.7 Å². The summed E-state index contributed by atoms with van der Waals surface area (Å²) in [5, 5.41) is 10.7. The summed E-state index contributed by atoms with van der Waals surface area (Å²) in [6.45, 7) is 1.97. The van der Waals surface area contributed by atoms with Crippen molar-refractivity contribution >= 4 is 34.5 Å². The third-order valence-electron chi connectivity index (χ3n) is 4.33. The number of alkyl halides is 3. The van der Waals surface area contributed by atoms with E-state index < -0.39 is 17.8 Å². The van der Waals surface area contributed by atoms with Crippen LogP contribution >= 0.6 is 22.9 Å². The first-order valence-corrected chi connectivity index (χ1v) is 9.82. The molecule has 12 heteroatoms. The van der Waals surface area contributed by atoms with Crippen LogP contribution in [-0.4, -0.2) is 30.3 Å². The summed E-state index contributed by atoms with van der Waals surface area (Å²) in [7, 11) is 1.75. The van der Waals surface area contributed by atoms with E-state index in [-0.39, 0.29) is 23.6 Å². The van der Waals surface area contributed by atoms with E-state index in [4.69, 9.17) is 11.6 Å². The molecule has 7 nitrogen and oxygen atoms in total. The average Bonchev–Trinajstić information content (AvgIpc) is 3.36. The molecular weight excluding hydrogens is 441 g/mol. The molecule has 0 aromatic carbocycles. The van der Waals surface area contributed by atoms with Gasteiger partial charge in [-0.1, -0.05) is 11.6 Å². The Labute approximate surface area is 177 Å². The Hall–Kier alpha value is -2.92. The van der Waals surface area contributed by atoms with Crippen molar-refractivity contribution in [2.24, 2.45) is 7.05 Å². The topological polar surface area (TPSA) is 77.1 Å². The Bertz CT molecular complexity index is 1260. The second kappa shape index (κ2) is 7.40. The number of halogens is 4. The maximum Gasteiger partial charge on any atom is 0.433 e. The lowest BCUT2D eigenvalue weighted by Gasteiger charge is -2.10. The molecular formula is C18H14ClF3N6OS. The number of carbonyl (C=O) groups is 1. The van der Waals surface area contributed by atoms with Crippen molar-refractivity contribution in [3.63, 3.8) is 0 Å². The summed E-state index contributed by atoms with van der Waals surface area (Å²) < 4.78 is 43.5. The number of thiophene rings is 1. The Balaban J connectivity index is 1.70. The lowest BCUT2D eigenvalue weighted by atomic mass is 10.2. The number of fused-ring (bicyclic) bond motifs is 1. The van der Waals surface area contributed by atoms with Gasteiger partial charge in [-0.25, -0.2) is 9.50 Å². The third kappa shape index (κ3) is 3.90. The van der Waals surface area contributed by atoms with E-state index in [0.29, 0.717) is 13.7 Å². The minimum atomic E-state index is -4.69. The molecule has 4 rings (SSSR count). The summed E-state index contributed by atoms with van der Waals surface area (Å²) in [6.07, 6.45) is -2.94. The van der Waals surface area contributed by atoms with Gasteiger partial charge in [0.05, 0.1) is 20.6 Å². The number of hydrogen-bond acceptors (Lipinski definition) is 5. The van der Waals surface area contributed by atoms with Crippen LogP contribution in [0.25, 0.3) is 16.2 Å². The van der Waals surface area contributed by atoms with Crippen molar-refractivity contribution in [3.05, 3.63) is 57.4 Å². The lowest BCUT2D eigenvalue weighted by Crippen LogP contribution is -2.23. The molecule has 0 spiro atoms. The number of hydrogen-bond donors (Lipinski definition) is 1. The van der Waals surface area contributed by atoms with E-state index in [2.05, 4.69) is 20.5 Å². The van der Waals surface area contributed by atoms with Crippen molar-refractivity contribution < 1.29 is 18.0 Å². The van der Waals surface area contributed by atoms with Gasteiger partial charge in [0.1, 0.15) is 0 Å². The van der Waals surface area contributed by atoms with Crippen LogP contribution < -0.4 is 5.32 Å². The fourth-order valence-corrected chi connectivity index (χ4v) is 3.96. The minimum Gasteiger partial charge on any atom is -0.346 e. The van der Waals surface area contributed by atoms with Gasteiger partial charge < -0.3 is 5.32 Å². The van der Waals surface area contributed by atoms with Gasteiger partial charge in [0.25, 0.3) is 5.91 Å². The van der Waals surface area contributed by atoms with E-state index in [1.54, 1.807) is 37.0 Å². The molecule has 0 aliphatic rings. The molecule has 30 heavy (non-hydrogen) atoms. The summed E-state index contributed by atoms with van der Waals surface area (Å²) >= 11 is 7.00. The van der Waals surface area contributed by atoms with E-state index >= 15 is 0 Å². The lowest BCUT2D eigenvalue weighted by molar-refractivity contribution is -0.142. The predicted molar refractivity (Wildman–Crippen MR) is 105 cm³/mol. The van der Waals surface area contributed by atoms with E-state index in [1.165, 1.54) is 6.07 Å².